The number of aryl methyl sites for hydroxylation is 1. The largest absolute Gasteiger partial charge is 0.401 e. The minimum absolute atomic E-state index is 0.157. The van der Waals surface area contributed by atoms with Crippen LogP contribution in [0.25, 0.3) is 11.0 Å². The number of piperidine rings is 1. The van der Waals surface area contributed by atoms with Gasteiger partial charge in [-0.1, -0.05) is 23.7 Å². The lowest BCUT2D eigenvalue weighted by Gasteiger charge is -2.25. The number of rotatable bonds is 6. The fourth-order valence-electron chi connectivity index (χ4n) is 3.91. The zero-order valence-electron chi connectivity index (χ0n) is 17.1. The first-order chi connectivity index (χ1) is 15.0. The summed E-state index contributed by atoms with van der Waals surface area (Å²) in [5.41, 5.74) is 10.1. The Hall–Kier alpha value is -2.90. The summed E-state index contributed by atoms with van der Waals surface area (Å²) >= 11 is 6.03. The van der Waals surface area contributed by atoms with Crippen molar-refractivity contribution in [3.63, 3.8) is 0 Å². The molecule has 1 aromatic heterocycles. The molecule has 6 nitrogen and oxygen atoms in total. The van der Waals surface area contributed by atoms with Crippen molar-refractivity contribution >= 4 is 34.5 Å². The number of nitrogens with zero attached hydrogens (tertiary/aromatic N) is 1. The van der Waals surface area contributed by atoms with Gasteiger partial charge in [0.1, 0.15) is 5.82 Å². The number of benzene rings is 2. The van der Waals surface area contributed by atoms with Gasteiger partial charge in [0.05, 0.1) is 11.0 Å². The zero-order valence-corrected chi connectivity index (χ0v) is 17.8. The van der Waals surface area contributed by atoms with E-state index in [1.54, 1.807) is 30.3 Å². The highest BCUT2D eigenvalue weighted by atomic mass is 35.5. The van der Waals surface area contributed by atoms with Gasteiger partial charge in [-0.2, -0.15) is 0 Å². The van der Waals surface area contributed by atoms with Gasteiger partial charge in [-0.3, -0.25) is 10.1 Å². The summed E-state index contributed by atoms with van der Waals surface area (Å²) in [7, 11) is 0. The van der Waals surface area contributed by atoms with Crippen molar-refractivity contribution in [2.75, 3.05) is 18.4 Å². The Morgan fingerprint density at radius 2 is 1.94 bits per heavy atom. The molecule has 31 heavy (non-hydrogen) atoms. The van der Waals surface area contributed by atoms with Crippen LogP contribution < -0.4 is 16.4 Å². The average Bonchev–Trinajstić information content (AvgIpc) is 3.16. The molecule has 0 spiro atoms. The number of amides is 1. The van der Waals surface area contributed by atoms with E-state index in [4.69, 9.17) is 17.3 Å². The minimum atomic E-state index is -0.281. The van der Waals surface area contributed by atoms with E-state index < -0.39 is 0 Å². The molecular weight excluding hydrogens is 417 g/mol. The van der Waals surface area contributed by atoms with Crippen molar-refractivity contribution in [1.82, 2.24) is 15.3 Å². The number of anilines is 1. The number of allylic oxidation sites excluding steroid dienone is 1. The van der Waals surface area contributed by atoms with E-state index in [2.05, 4.69) is 20.6 Å². The van der Waals surface area contributed by atoms with Crippen LogP contribution >= 0.6 is 11.6 Å². The molecule has 0 aliphatic carbocycles. The molecule has 0 unspecified atom stereocenters. The monoisotopic (exact) mass is 441 g/mol. The molecule has 8 heteroatoms. The number of H-pyrrole nitrogens is 1. The molecule has 3 aromatic rings. The Morgan fingerprint density at radius 3 is 2.68 bits per heavy atom. The topological polar surface area (TPSA) is 95.8 Å². The summed E-state index contributed by atoms with van der Waals surface area (Å²) in [4.78, 5) is 20.7. The number of imidazole rings is 1. The Labute approximate surface area is 185 Å². The molecule has 1 saturated heterocycles. The van der Waals surface area contributed by atoms with Crippen molar-refractivity contribution < 1.29 is 9.18 Å². The third-order valence-electron chi connectivity index (χ3n) is 5.65. The number of aromatic amines is 1. The van der Waals surface area contributed by atoms with Gasteiger partial charge in [0, 0.05) is 22.2 Å². The molecule has 162 valence electrons. The Morgan fingerprint density at radius 1 is 1.19 bits per heavy atom. The second-order valence-corrected chi connectivity index (χ2v) is 8.22. The van der Waals surface area contributed by atoms with Crippen LogP contribution in [0, 0.1) is 11.7 Å². The van der Waals surface area contributed by atoms with Crippen LogP contribution in [-0.4, -0.2) is 29.0 Å². The Bertz CT molecular complexity index is 1100. The fourth-order valence-corrected chi connectivity index (χ4v) is 4.08. The number of nitrogens with one attached hydrogen (secondary N) is 3. The fraction of sp³-hybridized carbons (Fsp3) is 0.304. The first-order valence-electron chi connectivity index (χ1n) is 10.4. The molecule has 0 bridgehead atoms. The first-order valence-corrected chi connectivity index (χ1v) is 10.8. The number of carbonyl (C=O) groups is 1. The number of fused-ring (bicyclic) bond motifs is 1. The minimum Gasteiger partial charge on any atom is -0.401 e. The zero-order chi connectivity index (χ0) is 21.8. The lowest BCUT2D eigenvalue weighted by Crippen LogP contribution is -2.32. The summed E-state index contributed by atoms with van der Waals surface area (Å²) in [6, 6.07) is 11.6. The summed E-state index contributed by atoms with van der Waals surface area (Å²) in [5, 5.41) is 6.76. The molecule has 5 N–H and O–H groups in total. The second kappa shape index (κ2) is 9.49. The molecule has 4 rings (SSSR count). The van der Waals surface area contributed by atoms with Crippen LogP contribution in [0.15, 0.2) is 53.7 Å². The van der Waals surface area contributed by atoms with Crippen LogP contribution in [0.2, 0.25) is 5.02 Å². The van der Waals surface area contributed by atoms with Crippen molar-refractivity contribution in [3.05, 3.63) is 70.1 Å². The van der Waals surface area contributed by atoms with E-state index in [0.717, 1.165) is 37.0 Å². The van der Waals surface area contributed by atoms with Crippen molar-refractivity contribution in [2.45, 2.75) is 25.7 Å². The predicted molar refractivity (Wildman–Crippen MR) is 121 cm³/mol. The van der Waals surface area contributed by atoms with Crippen LogP contribution in [0.1, 0.15) is 24.8 Å². The van der Waals surface area contributed by atoms with E-state index >= 15 is 0 Å². The number of carbonyl (C=O) groups excluding carboxylic acids is 1. The number of hydrogen-bond acceptors (Lipinski definition) is 4. The lowest BCUT2D eigenvalue weighted by molar-refractivity contribution is -0.113. The van der Waals surface area contributed by atoms with Crippen LogP contribution in [0.5, 0.6) is 0 Å². The molecule has 0 saturated carbocycles. The molecular formula is C23H25ClFN5O. The van der Waals surface area contributed by atoms with E-state index in [0.29, 0.717) is 40.6 Å². The quantitative estimate of drug-likeness (QED) is 0.432. The third-order valence-corrected chi connectivity index (χ3v) is 5.89. The maximum Gasteiger partial charge on any atom is 0.255 e. The van der Waals surface area contributed by atoms with Crippen molar-refractivity contribution in [2.24, 2.45) is 11.7 Å². The normalized spacial score (nSPS) is 15.7. The molecule has 1 fully saturated rings. The summed E-state index contributed by atoms with van der Waals surface area (Å²) in [6.07, 6.45) is 2.83. The van der Waals surface area contributed by atoms with Gasteiger partial charge in [-0.25, -0.2) is 9.37 Å². The maximum absolute atomic E-state index is 13.2. The Kier molecular flexibility index (Phi) is 6.53. The maximum atomic E-state index is 13.2. The summed E-state index contributed by atoms with van der Waals surface area (Å²) < 4.78 is 13.2. The predicted octanol–water partition coefficient (Wildman–Crippen LogP) is 4.14. The molecule has 2 heterocycles. The van der Waals surface area contributed by atoms with E-state index in [-0.39, 0.29) is 17.6 Å². The Balaban J connectivity index is 1.56. The van der Waals surface area contributed by atoms with Gasteiger partial charge in [-0.15, -0.1) is 0 Å². The number of hydrogen-bond donors (Lipinski definition) is 4. The summed E-state index contributed by atoms with van der Waals surface area (Å²) in [6.45, 7) is 1.76. The van der Waals surface area contributed by atoms with Crippen LogP contribution in [0.3, 0.4) is 0 Å². The number of aromatic nitrogens is 2. The molecule has 1 aliphatic rings. The van der Waals surface area contributed by atoms with Gasteiger partial charge in [-0.05, 0) is 74.7 Å². The molecule has 2 aromatic carbocycles. The van der Waals surface area contributed by atoms with Gasteiger partial charge >= 0.3 is 0 Å². The smallest absolute Gasteiger partial charge is 0.255 e. The van der Waals surface area contributed by atoms with Crippen LogP contribution in [-0.2, 0) is 11.2 Å². The van der Waals surface area contributed by atoms with E-state index in [9.17, 15) is 9.18 Å². The lowest BCUT2D eigenvalue weighted by atomic mass is 9.89. The van der Waals surface area contributed by atoms with E-state index in [1.165, 1.54) is 12.1 Å². The van der Waals surface area contributed by atoms with Gasteiger partial charge in [0.15, 0.2) is 0 Å². The van der Waals surface area contributed by atoms with E-state index in [1.807, 2.05) is 0 Å². The number of nitrogens with two attached hydrogens (primary N) is 1. The number of halogens is 2. The first kappa shape index (κ1) is 21.3. The van der Waals surface area contributed by atoms with Gasteiger partial charge in [0.25, 0.3) is 5.91 Å². The highest BCUT2D eigenvalue weighted by Crippen LogP contribution is 2.25. The van der Waals surface area contributed by atoms with Crippen molar-refractivity contribution in [3.8, 4) is 0 Å². The average molecular weight is 442 g/mol. The SMILES string of the molecule is N/C(=C(/CCc1ccc(F)cc1)C(=O)Nc1nc2ccc(Cl)cc2[nH]1)C1CCNCC1. The molecule has 1 amide bonds. The molecule has 1 aliphatic heterocycles. The summed E-state index contributed by atoms with van der Waals surface area (Å²) in [5.74, 6) is -0.0517. The molecule has 0 radical (unpaired) electrons. The third kappa shape index (κ3) is 5.24. The molecule has 0 atom stereocenters. The second-order valence-electron chi connectivity index (χ2n) is 7.79. The standard InChI is InChI=1S/C23H25ClFN5O/c24-16-4-8-19-20(13-16)29-23(28-19)30-22(31)18(21(26)15-9-11-27-12-10-15)7-3-14-1-5-17(25)6-2-14/h1-2,4-6,8,13,15,27H,3,7,9-12,26H2,(H2,28,29,30,31)/b21-18-. The highest BCUT2D eigenvalue weighted by molar-refractivity contribution is 6.31. The van der Waals surface area contributed by atoms with Crippen molar-refractivity contribution in [1.29, 1.82) is 0 Å². The van der Waals surface area contributed by atoms with Gasteiger partial charge < -0.3 is 16.0 Å². The van der Waals surface area contributed by atoms with Crippen LogP contribution in [0.4, 0.5) is 10.3 Å². The highest BCUT2D eigenvalue weighted by Gasteiger charge is 2.23. The van der Waals surface area contributed by atoms with Gasteiger partial charge in [0.2, 0.25) is 5.95 Å².